The van der Waals surface area contributed by atoms with Crippen molar-refractivity contribution >= 4 is 40.1 Å². The van der Waals surface area contributed by atoms with Crippen LogP contribution in [-0.4, -0.2) is 28.9 Å². The molecule has 0 aliphatic heterocycles. The number of amides is 2. The van der Waals surface area contributed by atoms with Gasteiger partial charge in [0, 0.05) is 35.3 Å². The smallest absolute Gasteiger partial charge is 0.339 e. The van der Waals surface area contributed by atoms with Gasteiger partial charge in [-0.1, -0.05) is 24.3 Å². The predicted octanol–water partition coefficient (Wildman–Crippen LogP) is 2.67. The Hall–Kier alpha value is -3.94. The molecular formula is C21H19N3O5. The fraction of sp³-hybridized carbons (Fsp3) is 0.143. The number of hydrogen-bond donors (Lipinski definition) is 3. The van der Waals surface area contributed by atoms with Crippen molar-refractivity contribution in [3.8, 4) is 0 Å². The lowest BCUT2D eigenvalue weighted by Crippen LogP contribution is -2.30. The van der Waals surface area contributed by atoms with Crippen LogP contribution in [0.3, 0.4) is 0 Å². The van der Waals surface area contributed by atoms with Crippen molar-refractivity contribution in [2.24, 2.45) is 0 Å². The van der Waals surface area contributed by atoms with Crippen molar-refractivity contribution in [2.45, 2.75) is 20.0 Å². The van der Waals surface area contributed by atoms with Gasteiger partial charge in [-0.3, -0.25) is 14.4 Å². The number of carbonyl (C=O) groups excluding carboxylic acids is 3. The van der Waals surface area contributed by atoms with E-state index in [1.165, 1.54) is 13.8 Å². The Labute approximate surface area is 165 Å². The van der Waals surface area contributed by atoms with E-state index in [4.69, 9.17) is 4.74 Å². The third kappa shape index (κ3) is 4.86. The van der Waals surface area contributed by atoms with Gasteiger partial charge in [-0.15, -0.1) is 0 Å². The third-order valence-corrected chi connectivity index (χ3v) is 4.07. The Balaban J connectivity index is 1.73. The first kappa shape index (κ1) is 19.8. The zero-order valence-electron chi connectivity index (χ0n) is 15.8. The number of aromatic amines is 1. The summed E-state index contributed by atoms with van der Waals surface area (Å²) in [5, 5.41) is 5.76. The van der Waals surface area contributed by atoms with E-state index in [-0.39, 0.29) is 11.5 Å². The van der Waals surface area contributed by atoms with Gasteiger partial charge in [0.15, 0.2) is 6.10 Å². The normalized spacial score (nSPS) is 11.5. The molecule has 0 radical (unpaired) electrons. The molecule has 148 valence electrons. The van der Waals surface area contributed by atoms with Gasteiger partial charge in [0.05, 0.1) is 5.56 Å². The van der Waals surface area contributed by atoms with Gasteiger partial charge in [0.25, 0.3) is 5.91 Å². The summed E-state index contributed by atoms with van der Waals surface area (Å²) < 4.78 is 5.25. The van der Waals surface area contributed by atoms with Gasteiger partial charge in [0.2, 0.25) is 11.5 Å². The summed E-state index contributed by atoms with van der Waals surface area (Å²) in [5.74, 6) is -1.56. The molecule has 1 atom stereocenters. The molecule has 2 amide bonds. The fourth-order valence-corrected chi connectivity index (χ4v) is 2.77. The molecule has 0 bridgehead atoms. The highest BCUT2D eigenvalue weighted by molar-refractivity contribution is 6.04. The van der Waals surface area contributed by atoms with Gasteiger partial charge in [-0.2, -0.15) is 0 Å². The molecule has 2 aromatic carbocycles. The van der Waals surface area contributed by atoms with Crippen LogP contribution >= 0.6 is 0 Å². The summed E-state index contributed by atoms with van der Waals surface area (Å²) >= 11 is 0. The number of aromatic nitrogens is 1. The van der Waals surface area contributed by atoms with Crippen LogP contribution in [-0.2, 0) is 14.3 Å². The number of pyridine rings is 1. The maximum Gasteiger partial charge on any atom is 0.339 e. The molecule has 8 nitrogen and oxygen atoms in total. The van der Waals surface area contributed by atoms with Gasteiger partial charge in [-0.05, 0) is 31.2 Å². The van der Waals surface area contributed by atoms with Crippen LogP contribution in [0.1, 0.15) is 24.2 Å². The largest absolute Gasteiger partial charge is 0.449 e. The average molecular weight is 393 g/mol. The van der Waals surface area contributed by atoms with Gasteiger partial charge >= 0.3 is 5.97 Å². The Bertz CT molecular complexity index is 1150. The SMILES string of the molecule is CC(=O)Nc1cccc(NC(=O)[C@H](C)OC(=O)c2cc(=O)[nH]c3ccccc23)c1. The van der Waals surface area contributed by atoms with Crippen molar-refractivity contribution in [1.29, 1.82) is 0 Å². The Morgan fingerprint density at radius 3 is 2.38 bits per heavy atom. The number of carbonyl (C=O) groups is 3. The molecule has 0 saturated heterocycles. The summed E-state index contributed by atoms with van der Waals surface area (Å²) in [6.45, 7) is 2.81. The molecule has 1 aromatic heterocycles. The van der Waals surface area contributed by atoms with Crippen LogP contribution in [0.15, 0.2) is 59.4 Å². The first-order valence-corrected chi connectivity index (χ1v) is 8.85. The maximum absolute atomic E-state index is 12.6. The Kier molecular flexibility index (Phi) is 5.73. The second-order valence-corrected chi connectivity index (χ2v) is 6.39. The number of para-hydroxylation sites is 1. The number of benzene rings is 2. The van der Waals surface area contributed by atoms with Crippen LogP contribution in [0.2, 0.25) is 0 Å². The van der Waals surface area contributed by atoms with E-state index in [1.807, 2.05) is 0 Å². The summed E-state index contributed by atoms with van der Waals surface area (Å²) in [5.41, 5.74) is 1.10. The molecule has 3 N–H and O–H groups in total. The Morgan fingerprint density at radius 1 is 0.966 bits per heavy atom. The van der Waals surface area contributed by atoms with Crippen molar-refractivity contribution in [3.63, 3.8) is 0 Å². The van der Waals surface area contributed by atoms with E-state index in [9.17, 15) is 19.2 Å². The van der Waals surface area contributed by atoms with Crippen molar-refractivity contribution in [2.75, 3.05) is 10.6 Å². The lowest BCUT2D eigenvalue weighted by atomic mass is 10.1. The molecule has 0 aliphatic rings. The van der Waals surface area contributed by atoms with Crippen molar-refractivity contribution in [1.82, 2.24) is 4.98 Å². The van der Waals surface area contributed by atoms with Crippen LogP contribution in [0.25, 0.3) is 10.9 Å². The number of fused-ring (bicyclic) bond motifs is 1. The van der Waals surface area contributed by atoms with E-state index < -0.39 is 23.5 Å². The highest BCUT2D eigenvalue weighted by Crippen LogP contribution is 2.18. The van der Waals surface area contributed by atoms with Crippen LogP contribution < -0.4 is 16.2 Å². The summed E-state index contributed by atoms with van der Waals surface area (Å²) in [6, 6.07) is 14.5. The van der Waals surface area contributed by atoms with Crippen LogP contribution in [0.4, 0.5) is 11.4 Å². The minimum atomic E-state index is -1.11. The molecule has 29 heavy (non-hydrogen) atoms. The lowest BCUT2D eigenvalue weighted by molar-refractivity contribution is -0.123. The number of H-pyrrole nitrogens is 1. The number of hydrogen-bond acceptors (Lipinski definition) is 5. The highest BCUT2D eigenvalue weighted by Gasteiger charge is 2.21. The standard InChI is InChI=1S/C21H19N3O5/c1-12(20(27)23-15-7-5-6-14(10-15)22-13(2)25)29-21(28)17-11-19(26)24-18-9-4-3-8-16(17)18/h3-12H,1-2H3,(H,22,25)(H,23,27)(H,24,26)/t12-/m0/s1. The van der Waals surface area contributed by atoms with Crippen LogP contribution in [0, 0.1) is 0 Å². The zero-order chi connectivity index (χ0) is 21.0. The van der Waals surface area contributed by atoms with Crippen molar-refractivity contribution < 1.29 is 19.1 Å². The van der Waals surface area contributed by atoms with Crippen molar-refractivity contribution in [3.05, 3.63) is 70.5 Å². The molecule has 0 spiro atoms. The third-order valence-electron chi connectivity index (χ3n) is 4.07. The molecule has 3 aromatic rings. The predicted molar refractivity (Wildman–Crippen MR) is 109 cm³/mol. The second kappa shape index (κ2) is 8.39. The first-order valence-electron chi connectivity index (χ1n) is 8.85. The number of esters is 1. The van der Waals surface area contributed by atoms with E-state index in [1.54, 1.807) is 48.5 Å². The van der Waals surface area contributed by atoms with Gasteiger partial charge in [-0.25, -0.2) is 4.79 Å². The zero-order valence-corrected chi connectivity index (χ0v) is 15.8. The van der Waals surface area contributed by atoms with E-state index in [0.29, 0.717) is 22.3 Å². The lowest BCUT2D eigenvalue weighted by Gasteiger charge is -2.15. The highest BCUT2D eigenvalue weighted by atomic mass is 16.5. The van der Waals surface area contributed by atoms with E-state index in [2.05, 4.69) is 15.6 Å². The first-order chi connectivity index (χ1) is 13.8. The number of rotatable bonds is 5. The molecular weight excluding hydrogens is 374 g/mol. The monoisotopic (exact) mass is 393 g/mol. The minimum Gasteiger partial charge on any atom is -0.449 e. The Morgan fingerprint density at radius 2 is 1.66 bits per heavy atom. The van der Waals surface area contributed by atoms with Crippen LogP contribution in [0.5, 0.6) is 0 Å². The van der Waals surface area contributed by atoms with Gasteiger partial charge < -0.3 is 20.4 Å². The number of ether oxygens (including phenoxy) is 1. The quantitative estimate of drug-likeness (QED) is 0.576. The molecule has 3 rings (SSSR count). The average Bonchev–Trinajstić information content (AvgIpc) is 2.66. The molecule has 1 heterocycles. The maximum atomic E-state index is 12.6. The molecule has 0 saturated carbocycles. The number of nitrogens with one attached hydrogen (secondary N) is 3. The second-order valence-electron chi connectivity index (χ2n) is 6.39. The van der Waals surface area contributed by atoms with E-state index in [0.717, 1.165) is 6.07 Å². The number of anilines is 2. The molecule has 0 fully saturated rings. The summed E-state index contributed by atoms with van der Waals surface area (Å²) in [6.07, 6.45) is -1.11. The minimum absolute atomic E-state index is 0.0802. The van der Waals surface area contributed by atoms with Gasteiger partial charge in [0.1, 0.15) is 0 Å². The topological polar surface area (TPSA) is 117 Å². The van der Waals surface area contributed by atoms with E-state index >= 15 is 0 Å². The molecule has 8 heteroatoms. The summed E-state index contributed by atoms with van der Waals surface area (Å²) in [7, 11) is 0. The summed E-state index contributed by atoms with van der Waals surface area (Å²) in [4.78, 5) is 50.5. The molecule has 0 unspecified atom stereocenters. The fourth-order valence-electron chi connectivity index (χ4n) is 2.77. The molecule has 0 aliphatic carbocycles.